The van der Waals surface area contributed by atoms with Crippen LogP contribution in [0.1, 0.15) is 57.5 Å². The summed E-state index contributed by atoms with van der Waals surface area (Å²) in [6.07, 6.45) is 2.12. The molecule has 156 valence electrons. The Morgan fingerprint density at radius 1 is 1.03 bits per heavy atom. The maximum Gasteiger partial charge on any atom is 0.282 e. The number of nitro groups is 1. The van der Waals surface area contributed by atoms with Crippen molar-refractivity contribution in [2.75, 3.05) is 11.9 Å². The number of nitrogens with zero attached hydrogens (tertiary/aromatic N) is 2. The highest BCUT2D eigenvalue weighted by atomic mass is 16.6. The van der Waals surface area contributed by atoms with Gasteiger partial charge in [0.05, 0.1) is 10.5 Å². The zero-order valence-corrected chi connectivity index (χ0v) is 16.9. The number of unbranched alkanes of at least 4 members (excludes halogenated alkanes) is 2. The van der Waals surface area contributed by atoms with Crippen molar-refractivity contribution in [1.29, 1.82) is 0 Å². The molecule has 30 heavy (non-hydrogen) atoms. The van der Waals surface area contributed by atoms with Crippen LogP contribution in [0, 0.1) is 24.0 Å². The largest absolute Gasteiger partial charge is 0.326 e. The number of benzene rings is 2. The second kappa shape index (κ2) is 8.86. The predicted molar refractivity (Wildman–Crippen MR) is 111 cm³/mol. The molecule has 0 spiro atoms. The summed E-state index contributed by atoms with van der Waals surface area (Å²) in [6, 6.07) is 9.80. The van der Waals surface area contributed by atoms with E-state index >= 15 is 0 Å². The van der Waals surface area contributed by atoms with Gasteiger partial charge < -0.3 is 5.32 Å². The molecule has 0 aromatic heterocycles. The average Bonchev–Trinajstić information content (AvgIpc) is 2.96. The lowest BCUT2D eigenvalue weighted by Crippen LogP contribution is -2.30. The molecule has 0 atom stereocenters. The van der Waals surface area contributed by atoms with Gasteiger partial charge in [0.15, 0.2) is 0 Å². The van der Waals surface area contributed by atoms with Crippen molar-refractivity contribution in [3.05, 3.63) is 68.8 Å². The first kappa shape index (κ1) is 21.2. The van der Waals surface area contributed by atoms with Gasteiger partial charge in [-0.05, 0) is 49.9 Å². The normalized spacial score (nSPS) is 12.8. The molecule has 8 heteroatoms. The van der Waals surface area contributed by atoms with Crippen molar-refractivity contribution in [2.24, 2.45) is 0 Å². The van der Waals surface area contributed by atoms with Crippen molar-refractivity contribution in [1.82, 2.24) is 4.90 Å². The molecule has 1 aliphatic rings. The Morgan fingerprint density at radius 2 is 1.77 bits per heavy atom. The van der Waals surface area contributed by atoms with Gasteiger partial charge in [-0.3, -0.25) is 29.4 Å². The van der Waals surface area contributed by atoms with Crippen LogP contribution < -0.4 is 5.32 Å². The smallest absolute Gasteiger partial charge is 0.282 e. The van der Waals surface area contributed by atoms with Crippen molar-refractivity contribution >= 4 is 29.1 Å². The van der Waals surface area contributed by atoms with E-state index in [9.17, 15) is 24.5 Å². The molecular weight excluding hydrogens is 386 g/mol. The topological polar surface area (TPSA) is 110 Å². The Bertz CT molecular complexity index is 1030. The lowest BCUT2D eigenvalue weighted by molar-refractivity contribution is -0.385. The van der Waals surface area contributed by atoms with Gasteiger partial charge in [0.2, 0.25) is 5.91 Å². The van der Waals surface area contributed by atoms with Crippen LogP contribution in [0.15, 0.2) is 36.4 Å². The minimum Gasteiger partial charge on any atom is -0.326 e. The van der Waals surface area contributed by atoms with E-state index in [1.807, 2.05) is 32.0 Å². The summed E-state index contributed by atoms with van der Waals surface area (Å²) in [4.78, 5) is 48.6. The number of rotatable bonds is 8. The van der Waals surface area contributed by atoms with Crippen LogP contribution in [0.5, 0.6) is 0 Å². The summed E-state index contributed by atoms with van der Waals surface area (Å²) in [6.45, 7) is 4.11. The Morgan fingerprint density at radius 3 is 2.50 bits per heavy atom. The SMILES string of the molecule is Cc1cccc(NC(=O)CCCCCN2C(=O)c3cccc([N+](=O)[O-])c3C2=O)c1C. The van der Waals surface area contributed by atoms with Crippen molar-refractivity contribution in [2.45, 2.75) is 39.5 Å². The number of hydrogen-bond donors (Lipinski definition) is 1. The molecule has 1 N–H and O–H groups in total. The predicted octanol–water partition coefficient (Wildman–Crippen LogP) is 4.01. The lowest BCUT2D eigenvalue weighted by Gasteiger charge is -2.13. The van der Waals surface area contributed by atoms with Crippen LogP contribution in [-0.4, -0.2) is 34.1 Å². The van der Waals surface area contributed by atoms with E-state index in [0.717, 1.165) is 21.7 Å². The molecule has 0 aliphatic carbocycles. The molecule has 0 fully saturated rings. The number of nitro benzene ring substituents is 1. The zero-order chi connectivity index (χ0) is 21.8. The first-order chi connectivity index (χ1) is 14.3. The number of aryl methyl sites for hydroxylation is 1. The highest BCUT2D eigenvalue weighted by Gasteiger charge is 2.40. The molecule has 3 rings (SSSR count). The van der Waals surface area contributed by atoms with Gasteiger partial charge in [-0.25, -0.2) is 0 Å². The summed E-state index contributed by atoms with van der Waals surface area (Å²) in [5, 5.41) is 14.0. The molecule has 2 aromatic rings. The Labute approximate surface area is 174 Å². The fourth-order valence-electron chi connectivity index (χ4n) is 3.50. The van der Waals surface area contributed by atoms with Crippen LogP contribution in [0.3, 0.4) is 0 Å². The number of nitrogens with one attached hydrogen (secondary N) is 1. The van der Waals surface area contributed by atoms with Gasteiger partial charge in [0.1, 0.15) is 5.56 Å². The van der Waals surface area contributed by atoms with Crippen molar-refractivity contribution in [3.8, 4) is 0 Å². The van der Waals surface area contributed by atoms with Gasteiger partial charge in [-0.15, -0.1) is 0 Å². The van der Waals surface area contributed by atoms with E-state index in [-0.39, 0.29) is 29.3 Å². The number of fused-ring (bicyclic) bond motifs is 1. The van der Waals surface area contributed by atoms with Gasteiger partial charge in [-0.2, -0.15) is 0 Å². The van der Waals surface area contributed by atoms with Gasteiger partial charge in [0.25, 0.3) is 17.5 Å². The fourth-order valence-corrected chi connectivity index (χ4v) is 3.50. The average molecular weight is 409 g/mol. The third kappa shape index (κ3) is 4.22. The number of imide groups is 1. The number of carbonyl (C=O) groups is 3. The minimum atomic E-state index is -0.651. The second-order valence-corrected chi connectivity index (χ2v) is 7.33. The molecule has 0 bridgehead atoms. The van der Waals surface area contributed by atoms with E-state index < -0.39 is 16.7 Å². The standard InChI is InChI=1S/C22H23N3O5/c1-14-8-6-10-17(15(14)2)23-19(26)12-4-3-5-13-24-21(27)16-9-7-11-18(25(29)30)20(16)22(24)28/h6-11H,3-5,12-13H2,1-2H3,(H,23,26). The van der Waals surface area contributed by atoms with E-state index in [1.54, 1.807) is 0 Å². The molecule has 8 nitrogen and oxygen atoms in total. The van der Waals surface area contributed by atoms with E-state index in [1.165, 1.54) is 18.2 Å². The molecule has 0 saturated carbocycles. The monoisotopic (exact) mass is 409 g/mol. The summed E-state index contributed by atoms with van der Waals surface area (Å²) >= 11 is 0. The molecule has 0 unspecified atom stereocenters. The third-order valence-corrected chi connectivity index (χ3v) is 5.34. The molecule has 3 amide bonds. The van der Waals surface area contributed by atoms with E-state index in [0.29, 0.717) is 25.7 Å². The van der Waals surface area contributed by atoms with Gasteiger partial charge in [0, 0.05) is 24.7 Å². The summed E-state index contributed by atoms with van der Waals surface area (Å²) in [7, 11) is 0. The van der Waals surface area contributed by atoms with Gasteiger partial charge >= 0.3 is 0 Å². The van der Waals surface area contributed by atoms with Crippen LogP contribution in [0.4, 0.5) is 11.4 Å². The number of hydrogen-bond acceptors (Lipinski definition) is 5. The first-order valence-electron chi connectivity index (χ1n) is 9.81. The van der Waals surface area contributed by atoms with Gasteiger partial charge in [-0.1, -0.05) is 24.6 Å². The summed E-state index contributed by atoms with van der Waals surface area (Å²) in [5.41, 5.74) is 2.52. The molecule has 0 saturated heterocycles. The lowest BCUT2D eigenvalue weighted by atomic mass is 10.1. The number of amides is 3. The van der Waals surface area contributed by atoms with Crippen LogP contribution in [-0.2, 0) is 4.79 Å². The highest BCUT2D eigenvalue weighted by Crippen LogP contribution is 2.30. The quantitative estimate of drug-likeness (QED) is 0.307. The summed E-state index contributed by atoms with van der Waals surface area (Å²) < 4.78 is 0. The fraction of sp³-hybridized carbons (Fsp3) is 0.318. The van der Waals surface area contributed by atoms with Crippen LogP contribution in [0.2, 0.25) is 0 Å². The maximum absolute atomic E-state index is 12.5. The molecule has 2 aromatic carbocycles. The Kier molecular flexibility index (Phi) is 6.25. The van der Waals surface area contributed by atoms with Crippen molar-refractivity contribution < 1.29 is 19.3 Å². The van der Waals surface area contributed by atoms with E-state index in [2.05, 4.69) is 5.32 Å². The highest BCUT2D eigenvalue weighted by molar-refractivity contribution is 6.23. The molecule has 1 heterocycles. The Hall–Kier alpha value is -3.55. The third-order valence-electron chi connectivity index (χ3n) is 5.34. The minimum absolute atomic E-state index is 0.0714. The maximum atomic E-state index is 12.5. The van der Waals surface area contributed by atoms with Crippen LogP contribution in [0.25, 0.3) is 0 Å². The first-order valence-corrected chi connectivity index (χ1v) is 9.81. The second-order valence-electron chi connectivity index (χ2n) is 7.33. The van der Waals surface area contributed by atoms with Crippen molar-refractivity contribution in [3.63, 3.8) is 0 Å². The van der Waals surface area contributed by atoms with Crippen LogP contribution >= 0.6 is 0 Å². The zero-order valence-electron chi connectivity index (χ0n) is 16.9. The Balaban J connectivity index is 1.48. The molecule has 0 radical (unpaired) electrons. The summed E-state index contributed by atoms with van der Waals surface area (Å²) in [5.74, 6) is -1.22. The van der Waals surface area contributed by atoms with E-state index in [4.69, 9.17) is 0 Å². The number of anilines is 1. The molecular formula is C22H23N3O5. The molecule has 1 aliphatic heterocycles. The number of carbonyl (C=O) groups excluding carboxylic acids is 3.